The van der Waals surface area contributed by atoms with Crippen molar-refractivity contribution in [2.24, 2.45) is 7.05 Å². The average Bonchev–Trinajstić information content (AvgIpc) is 2.83. The molecular weight excluding hydrogens is 258 g/mol. The molecule has 0 saturated heterocycles. The van der Waals surface area contributed by atoms with Gasteiger partial charge in [-0.05, 0) is 17.5 Å². The Morgan fingerprint density at radius 1 is 1.26 bits per heavy atom. The Labute approximate surface area is 115 Å². The summed E-state index contributed by atoms with van der Waals surface area (Å²) in [6.45, 7) is 0. The summed E-state index contributed by atoms with van der Waals surface area (Å²) in [5, 5.41) is 16.1. The molecule has 3 rings (SSSR count). The van der Waals surface area contributed by atoms with Crippen LogP contribution in [0.4, 0.5) is 0 Å². The van der Waals surface area contributed by atoms with E-state index >= 15 is 0 Å². The summed E-state index contributed by atoms with van der Waals surface area (Å²) in [7, 11) is 1.84. The minimum absolute atomic E-state index is 0.568. The number of aryl methyl sites for hydroxylation is 1. The van der Waals surface area contributed by atoms with Crippen molar-refractivity contribution in [1.82, 2.24) is 9.78 Å². The molecule has 0 spiro atoms. The third-order valence-electron chi connectivity index (χ3n) is 3.19. The molecule has 19 heavy (non-hydrogen) atoms. The molecule has 3 nitrogen and oxygen atoms in total. The SMILES string of the molecule is Cn1nccc1-c1c(Cl)cc2ccccc2c1C#N. The van der Waals surface area contributed by atoms with Crippen LogP contribution in [0.3, 0.4) is 0 Å². The summed E-state index contributed by atoms with van der Waals surface area (Å²) in [4.78, 5) is 0. The summed E-state index contributed by atoms with van der Waals surface area (Å²) in [5.74, 6) is 0. The Morgan fingerprint density at radius 3 is 2.74 bits per heavy atom. The molecule has 0 aliphatic rings. The Hall–Kier alpha value is -2.31. The van der Waals surface area contributed by atoms with Gasteiger partial charge in [0.15, 0.2) is 0 Å². The number of rotatable bonds is 1. The fourth-order valence-corrected chi connectivity index (χ4v) is 2.61. The molecule has 92 valence electrons. The number of aromatic nitrogens is 2. The molecule has 2 aromatic carbocycles. The van der Waals surface area contributed by atoms with E-state index in [1.807, 2.05) is 43.4 Å². The number of nitriles is 1. The number of hydrogen-bond acceptors (Lipinski definition) is 2. The van der Waals surface area contributed by atoms with Crippen LogP contribution < -0.4 is 0 Å². The molecule has 0 N–H and O–H groups in total. The van der Waals surface area contributed by atoms with E-state index in [1.54, 1.807) is 10.9 Å². The lowest BCUT2D eigenvalue weighted by atomic mass is 9.97. The van der Waals surface area contributed by atoms with E-state index in [9.17, 15) is 5.26 Å². The highest BCUT2D eigenvalue weighted by Gasteiger charge is 2.16. The van der Waals surface area contributed by atoms with E-state index in [0.29, 0.717) is 10.6 Å². The van der Waals surface area contributed by atoms with Crippen LogP contribution in [0.2, 0.25) is 5.02 Å². The van der Waals surface area contributed by atoms with E-state index < -0.39 is 0 Å². The average molecular weight is 268 g/mol. The quantitative estimate of drug-likeness (QED) is 0.673. The lowest BCUT2D eigenvalue weighted by molar-refractivity contribution is 0.776. The summed E-state index contributed by atoms with van der Waals surface area (Å²) < 4.78 is 1.72. The van der Waals surface area contributed by atoms with Crippen LogP contribution in [-0.4, -0.2) is 9.78 Å². The Morgan fingerprint density at radius 2 is 2.05 bits per heavy atom. The zero-order valence-electron chi connectivity index (χ0n) is 10.3. The van der Waals surface area contributed by atoms with Crippen molar-refractivity contribution < 1.29 is 0 Å². The van der Waals surface area contributed by atoms with Gasteiger partial charge in [-0.25, -0.2) is 0 Å². The van der Waals surface area contributed by atoms with Crippen LogP contribution in [0, 0.1) is 11.3 Å². The second-order valence-electron chi connectivity index (χ2n) is 4.28. The highest BCUT2D eigenvalue weighted by molar-refractivity contribution is 6.34. The molecular formula is C15H10ClN3. The fourth-order valence-electron chi connectivity index (χ4n) is 2.30. The third-order valence-corrected chi connectivity index (χ3v) is 3.49. The fraction of sp³-hybridized carbons (Fsp3) is 0.0667. The molecule has 0 saturated carbocycles. The molecule has 0 fully saturated rings. The van der Waals surface area contributed by atoms with Crippen molar-refractivity contribution in [1.29, 1.82) is 5.26 Å². The van der Waals surface area contributed by atoms with E-state index in [0.717, 1.165) is 22.0 Å². The summed E-state index contributed by atoms with van der Waals surface area (Å²) in [5.41, 5.74) is 2.17. The standard InChI is InChI=1S/C15H10ClN3/c1-19-14(6-7-18-19)15-12(9-17)11-5-3-2-4-10(11)8-13(15)16/h2-8H,1H3. The monoisotopic (exact) mass is 267 g/mol. The first-order valence-electron chi connectivity index (χ1n) is 5.82. The van der Waals surface area contributed by atoms with Crippen molar-refractivity contribution in [3.63, 3.8) is 0 Å². The van der Waals surface area contributed by atoms with Crippen LogP contribution in [0.5, 0.6) is 0 Å². The second kappa shape index (κ2) is 4.42. The first-order chi connectivity index (χ1) is 9.22. The normalized spacial score (nSPS) is 10.6. The zero-order chi connectivity index (χ0) is 13.4. The van der Waals surface area contributed by atoms with E-state index in [2.05, 4.69) is 11.2 Å². The largest absolute Gasteiger partial charge is 0.268 e. The number of hydrogen-bond donors (Lipinski definition) is 0. The van der Waals surface area contributed by atoms with Crippen LogP contribution in [0.25, 0.3) is 22.0 Å². The molecule has 4 heteroatoms. The van der Waals surface area contributed by atoms with Gasteiger partial charge in [-0.2, -0.15) is 10.4 Å². The van der Waals surface area contributed by atoms with E-state index in [4.69, 9.17) is 11.6 Å². The predicted molar refractivity (Wildman–Crippen MR) is 75.9 cm³/mol. The number of benzene rings is 2. The van der Waals surface area contributed by atoms with Crippen molar-refractivity contribution in [3.05, 3.63) is 53.2 Å². The highest BCUT2D eigenvalue weighted by atomic mass is 35.5. The molecule has 0 amide bonds. The molecule has 0 aliphatic carbocycles. The molecule has 0 radical (unpaired) electrons. The highest BCUT2D eigenvalue weighted by Crippen LogP contribution is 2.36. The maximum atomic E-state index is 9.49. The topological polar surface area (TPSA) is 41.6 Å². The van der Waals surface area contributed by atoms with Gasteiger partial charge in [0.1, 0.15) is 6.07 Å². The van der Waals surface area contributed by atoms with Gasteiger partial charge in [0.2, 0.25) is 0 Å². The molecule has 0 aliphatic heterocycles. The third kappa shape index (κ3) is 1.78. The molecule has 0 atom stereocenters. The van der Waals surface area contributed by atoms with Crippen molar-refractivity contribution >= 4 is 22.4 Å². The van der Waals surface area contributed by atoms with Gasteiger partial charge in [-0.3, -0.25) is 4.68 Å². The van der Waals surface area contributed by atoms with Crippen LogP contribution in [0.1, 0.15) is 5.56 Å². The van der Waals surface area contributed by atoms with Crippen molar-refractivity contribution in [2.75, 3.05) is 0 Å². The number of nitrogens with zero attached hydrogens (tertiary/aromatic N) is 3. The molecule has 1 aromatic heterocycles. The summed E-state index contributed by atoms with van der Waals surface area (Å²) >= 11 is 6.36. The van der Waals surface area contributed by atoms with Gasteiger partial charge in [0, 0.05) is 24.2 Å². The predicted octanol–water partition coefficient (Wildman–Crippen LogP) is 3.77. The summed E-state index contributed by atoms with van der Waals surface area (Å²) in [6.07, 6.45) is 1.70. The summed E-state index contributed by atoms with van der Waals surface area (Å²) in [6, 6.07) is 13.8. The Kier molecular flexibility index (Phi) is 2.73. The van der Waals surface area contributed by atoms with Crippen LogP contribution in [0.15, 0.2) is 42.6 Å². The van der Waals surface area contributed by atoms with E-state index in [1.165, 1.54) is 0 Å². The van der Waals surface area contributed by atoms with Gasteiger partial charge in [-0.15, -0.1) is 0 Å². The maximum absolute atomic E-state index is 9.49. The maximum Gasteiger partial charge on any atom is 0.101 e. The van der Waals surface area contributed by atoms with Crippen molar-refractivity contribution in [2.45, 2.75) is 0 Å². The zero-order valence-corrected chi connectivity index (χ0v) is 11.0. The number of fused-ring (bicyclic) bond motifs is 1. The van der Waals surface area contributed by atoms with Crippen molar-refractivity contribution in [3.8, 4) is 17.3 Å². The minimum atomic E-state index is 0.568. The molecule has 0 unspecified atom stereocenters. The van der Waals surface area contributed by atoms with E-state index in [-0.39, 0.29) is 0 Å². The first-order valence-corrected chi connectivity index (χ1v) is 6.20. The second-order valence-corrected chi connectivity index (χ2v) is 4.69. The van der Waals surface area contributed by atoms with Crippen LogP contribution >= 0.6 is 11.6 Å². The van der Waals surface area contributed by atoms with Gasteiger partial charge < -0.3 is 0 Å². The molecule has 0 bridgehead atoms. The van der Waals surface area contributed by atoms with Gasteiger partial charge in [0.05, 0.1) is 16.3 Å². The Balaban J connectivity index is 2.46. The first kappa shape index (κ1) is 11.8. The lowest BCUT2D eigenvalue weighted by Gasteiger charge is -2.10. The smallest absolute Gasteiger partial charge is 0.101 e. The lowest BCUT2D eigenvalue weighted by Crippen LogP contribution is -1.97. The Bertz CT molecular complexity index is 812. The number of halogens is 1. The van der Waals surface area contributed by atoms with Gasteiger partial charge in [-0.1, -0.05) is 35.9 Å². The molecule has 3 aromatic rings. The van der Waals surface area contributed by atoms with Gasteiger partial charge in [0.25, 0.3) is 0 Å². The van der Waals surface area contributed by atoms with Gasteiger partial charge >= 0.3 is 0 Å². The molecule has 1 heterocycles. The van der Waals surface area contributed by atoms with Crippen LogP contribution in [-0.2, 0) is 7.05 Å². The minimum Gasteiger partial charge on any atom is -0.268 e.